The van der Waals surface area contributed by atoms with Gasteiger partial charge >= 0.3 is 35.8 Å². The molecular formula is C28H30F14N2O. The zero-order valence-corrected chi connectivity index (χ0v) is 23.7. The summed E-state index contributed by atoms with van der Waals surface area (Å²) in [6.45, 7) is 1.01. The molecule has 0 radical (unpaired) electrons. The topological polar surface area (TPSA) is 35.0 Å². The summed E-state index contributed by atoms with van der Waals surface area (Å²) in [5.41, 5.74) is 1.43. The Morgan fingerprint density at radius 3 is 1.71 bits per heavy atom. The molecule has 0 aliphatic heterocycles. The highest BCUT2D eigenvalue weighted by atomic mass is 19.4. The SMILES string of the molecule is CCCCCCCCc1cnc(-c2ccc(OCC(F)CCC(F)(F)C(F)(F)C(F)(F)C(F)(F)C(F)(F)C(F)(F)F)cc2)nc1. The van der Waals surface area contributed by atoms with Crippen LogP contribution in [0.4, 0.5) is 61.5 Å². The Morgan fingerprint density at radius 1 is 0.667 bits per heavy atom. The van der Waals surface area contributed by atoms with Gasteiger partial charge < -0.3 is 4.74 Å². The van der Waals surface area contributed by atoms with E-state index in [9.17, 15) is 61.5 Å². The van der Waals surface area contributed by atoms with Gasteiger partial charge in [0.1, 0.15) is 18.5 Å². The molecule has 1 atom stereocenters. The van der Waals surface area contributed by atoms with Gasteiger partial charge in [-0.2, -0.15) is 57.1 Å². The van der Waals surface area contributed by atoms with Crippen molar-refractivity contribution in [2.45, 2.75) is 107 Å². The third-order valence-corrected chi connectivity index (χ3v) is 6.84. The fourth-order valence-corrected chi connectivity index (χ4v) is 4.01. The first-order valence-corrected chi connectivity index (χ1v) is 13.8. The first-order valence-electron chi connectivity index (χ1n) is 13.8. The average Bonchev–Trinajstić information content (AvgIpc) is 2.96. The van der Waals surface area contributed by atoms with E-state index in [0.717, 1.165) is 37.7 Å². The van der Waals surface area contributed by atoms with E-state index in [1.54, 1.807) is 12.4 Å². The number of benzene rings is 1. The van der Waals surface area contributed by atoms with Gasteiger partial charge in [0.15, 0.2) is 5.82 Å². The zero-order valence-electron chi connectivity index (χ0n) is 23.7. The summed E-state index contributed by atoms with van der Waals surface area (Å²) in [6.07, 6.45) is -3.60. The number of hydrogen-bond donors (Lipinski definition) is 0. The van der Waals surface area contributed by atoms with Crippen molar-refractivity contribution in [2.24, 2.45) is 0 Å². The number of aryl methyl sites for hydroxylation is 1. The monoisotopic (exact) mass is 676 g/mol. The Kier molecular flexibility index (Phi) is 12.5. The Bertz CT molecular complexity index is 1190. The number of aromatic nitrogens is 2. The number of hydrogen-bond acceptors (Lipinski definition) is 3. The molecule has 0 saturated carbocycles. The molecule has 3 nitrogen and oxygen atoms in total. The molecule has 0 N–H and O–H groups in total. The lowest BCUT2D eigenvalue weighted by molar-refractivity contribution is -0.440. The molecule has 0 saturated heterocycles. The lowest BCUT2D eigenvalue weighted by Crippen LogP contribution is -2.70. The molecular weight excluding hydrogens is 646 g/mol. The van der Waals surface area contributed by atoms with Crippen LogP contribution >= 0.6 is 0 Å². The molecule has 0 aliphatic rings. The summed E-state index contributed by atoms with van der Waals surface area (Å²) < 4.78 is 190. The van der Waals surface area contributed by atoms with E-state index in [2.05, 4.69) is 16.9 Å². The van der Waals surface area contributed by atoms with Gasteiger partial charge in [0.25, 0.3) is 0 Å². The fourth-order valence-electron chi connectivity index (χ4n) is 4.01. The highest BCUT2D eigenvalue weighted by molar-refractivity contribution is 5.55. The first-order chi connectivity index (χ1) is 20.6. The van der Waals surface area contributed by atoms with Crippen molar-refractivity contribution >= 4 is 0 Å². The van der Waals surface area contributed by atoms with Crippen LogP contribution in [0.15, 0.2) is 36.7 Å². The predicted molar refractivity (Wildman–Crippen MR) is 135 cm³/mol. The van der Waals surface area contributed by atoms with E-state index in [-0.39, 0.29) is 5.75 Å². The summed E-state index contributed by atoms with van der Waals surface area (Å²) >= 11 is 0. The smallest absolute Gasteiger partial charge is 0.460 e. The van der Waals surface area contributed by atoms with Gasteiger partial charge in [-0.1, -0.05) is 39.0 Å². The van der Waals surface area contributed by atoms with Crippen LogP contribution in [-0.2, 0) is 6.42 Å². The van der Waals surface area contributed by atoms with Gasteiger partial charge in [0, 0.05) is 24.4 Å². The minimum Gasteiger partial charge on any atom is -0.491 e. The highest BCUT2D eigenvalue weighted by Gasteiger charge is 2.90. The third kappa shape index (κ3) is 8.69. The van der Waals surface area contributed by atoms with Gasteiger partial charge in [-0.15, -0.1) is 0 Å². The molecule has 0 spiro atoms. The van der Waals surface area contributed by atoms with Crippen LogP contribution in [0, 0.1) is 0 Å². The Hall–Kier alpha value is -2.88. The molecule has 1 unspecified atom stereocenters. The van der Waals surface area contributed by atoms with Crippen molar-refractivity contribution in [2.75, 3.05) is 6.61 Å². The predicted octanol–water partition coefficient (Wildman–Crippen LogP) is 10.3. The van der Waals surface area contributed by atoms with E-state index in [1.165, 1.54) is 37.1 Å². The fraction of sp³-hybridized carbons (Fsp3) is 0.643. The molecule has 17 heteroatoms. The minimum atomic E-state index is -7.99. The number of ether oxygens (including phenoxy) is 1. The minimum absolute atomic E-state index is 0.0706. The molecule has 1 aromatic heterocycles. The van der Waals surface area contributed by atoms with Crippen molar-refractivity contribution < 1.29 is 66.2 Å². The quantitative estimate of drug-likeness (QED) is 0.116. The third-order valence-electron chi connectivity index (χ3n) is 6.84. The molecule has 1 heterocycles. The first kappa shape index (κ1) is 38.3. The number of unbranched alkanes of at least 4 members (excludes halogenated alkanes) is 5. The van der Waals surface area contributed by atoms with Crippen LogP contribution in [0.5, 0.6) is 5.75 Å². The van der Waals surface area contributed by atoms with Crippen LogP contribution < -0.4 is 4.74 Å². The molecule has 0 aliphatic carbocycles. The maximum absolute atomic E-state index is 14.1. The van der Waals surface area contributed by atoms with Crippen molar-refractivity contribution in [3.63, 3.8) is 0 Å². The van der Waals surface area contributed by atoms with Gasteiger partial charge in [0.05, 0.1) is 0 Å². The van der Waals surface area contributed by atoms with Gasteiger partial charge in [-0.25, -0.2) is 14.4 Å². The van der Waals surface area contributed by atoms with Crippen molar-refractivity contribution in [1.29, 1.82) is 0 Å². The Labute approximate surface area is 249 Å². The second kappa shape index (κ2) is 14.7. The Balaban J connectivity index is 1.93. The van der Waals surface area contributed by atoms with Crippen molar-refractivity contribution in [1.82, 2.24) is 9.97 Å². The summed E-state index contributed by atoms with van der Waals surface area (Å²) in [4.78, 5) is 8.53. The average molecular weight is 677 g/mol. The molecule has 0 fully saturated rings. The van der Waals surface area contributed by atoms with E-state index < -0.39 is 61.4 Å². The van der Waals surface area contributed by atoms with E-state index in [4.69, 9.17) is 4.74 Å². The summed E-state index contributed by atoms with van der Waals surface area (Å²) in [5, 5.41) is 0. The largest absolute Gasteiger partial charge is 0.491 e. The molecule has 45 heavy (non-hydrogen) atoms. The molecule has 2 rings (SSSR count). The van der Waals surface area contributed by atoms with Crippen molar-refractivity contribution in [3.8, 4) is 17.1 Å². The van der Waals surface area contributed by atoms with Gasteiger partial charge in [-0.3, -0.25) is 0 Å². The van der Waals surface area contributed by atoms with Crippen LogP contribution in [0.3, 0.4) is 0 Å². The maximum Gasteiger partial charge on any atom is 0.460 e. The number of rotatable bonds is 18. The van der Waals surface area contributed by atoms with Gasteiger partial charge in [0.2, 0.25) is 0 Å². The zero-order chi connectivity index (χ0) is 34.3. The maximum atomic E-state index is 14.1. The molecule has 0 bridgehead atoms. The van der Waals surface area contributed by atoms with Crippen molar-refractivity contribution in [3.05, 3.63) is 42.2 Å². The van der Waals surface area contributed by atoms with E-state index >= 15 is 0 Å². The summed E-state index contributed by atoms with van der Waals surface area (Å²) in [7, 11) is 0. The van der Waals surface area contributed by atoms with E-state index in [0.29, 0.717) is 11.4 Å². The number of alkyl halides is 14. The Morgan fingerprint density at radius 2 is 1.18 bits per heavy atom. The van der Waals surface area contributed by atoms with E-state index in [1.807, 2.05) is 0 Å². The van der Waals surface area contributed by atoms with Crippen LogP contribution in [0.1, 0.15) is 63.9 Å². The standard InChI is InChI=1S/C28H30F14N2O/c1-2-3-4-5-6-7-8-18-15-43-22(44-16-18)19-9-11-21(12-10-19)45-17-20(29)13-14-23(30,31)24(32,33)25(34,35)26(36,37)27(38,39)28(40,41)42/h9-12,15-16,20H,2-8,13-14,17H2,1H3. The lowest BCUT2D eigenvalue weighted by atomic mass is 9.91. The lowest BCUT2D eigenvalue weighted by Gasteiger charge is -2.39. The molecule has 0 amide bonds. The second-order valence-corrected chi connectivity index (χ2v) is 10.4. The van der Waals surface area contributed by atoms with Crippen LogP contribution in [-0.4, -0.2) is 58.5 Å². The number of halogens is 14. The number of nitrogens with zero attached hydrogens (tertiary/aromatic N) is 2. The molecule has 1 aromatic carbocycles. The molecule has 2 aromatic rings. The normalized spacial score (nSPS) is 14.5. The highest BCUT2D eigenvalue weighted by Crippen LogP contribution is 2.60. The summed E-state index contributed by atoms with van der Waals surface area (Å²) in [6, 6.07) is 5.45. The molecule has 256 valence electrons. The second-order valence-electron chi connectivity index (χ2n) is 10.4. The van der Waals surface area contributed by atoms with Crippen LogP contribution in [0.25, 0.3) is 11.4 Å². The van der Waals surface area contributed by atoms with Gasteiger partial charge in [-0.05, 0) is 49.1 Å². The summed E-state index contributed by atoms with van der Waals surface area (Å²) in [5.74, 6) is -37.2. The van der Waals surface area contributed by atoms with Crippen LogP contribution in [0.2, 0.25) is 0 Å².